The SMILES string of the molecule is Cc1ccc(S(=O)(=O)N2CCCN(C(=O)c3ccc4c(c3)CCC(=O)N4)CC2)cc1. The normalized spacial score (nSPS) is 17.8. The minimum atomic E-state index is -3.58. The molecule has 158 valence electrons. The standard InChI is InChI=1S/C22H25N3O4S/c1-16-3-7-19(8-4-16)30(28,29)25-12-2-11-24(13-14-25)22(27)18-5-9-20-17(15-18)6-10-21(26)23-20/h3-5,7-9,15H,2,6,10-14H2,1H3,(H,23,26). The molecule has 0 spiro atoms. The van der Waals surface area contributed by atoms with E-state index in [0.29, 0.717) is 44.5 Å². The van der Waals surface area contributed by atoms with Gasteiger partial charge in [0.2, 0.25) is 15.9 Å². The van der Waals surface area contributed by atoms with Crippen LogP contribution in [0.5, 0.6) is 0 Å². The van der Waals surface area contributed by atoms with E-state index in [1.165, 1.54) is 4.31 Å². The summed E-state index contributed by atoms with van der Waals surface area (Å²) < 4.78 is 27.4. The van der Waals surface area contributed by atoms with E-state index in [4.69, 9.17) is 0 Å². The number of rotatable bonds is 3. The lowest BCUT2D eigenvalue weighted by Crippen LogP contribution is -2.37. The second-order valence-electron chi connectivity index (χ2n) is 7.78. The second-order valence-corrected chi connectivity index (χ2v) is 9.72. The van der Waals surface area contributed by atoms with Crippen molar-refractivity contribution in [3.05, 3.63) is 59.2 Å². The smallest absolute Gasteiger partial charge is 0.253 e. The molecule has 0 radical (unpaired) electrons. The molecule has 7 nitrogen and oxygen atoms in total. The van der Waals surface area contributed by atoms with Gasteiger partial charge in [0.15, 0.2) is 0 Å². The number of benzene rings is 2. The summed E-state index contributed by atoms with van der Waals surface area (Å²) in [5.41, 5.74) is 3.29. The Morgan fingerprint density at radius 1 is 0.967 bits per heavy atom. The molecule has 0 unspecified atom stereocenters. The highest BCUT2D eigenvalue weighted by atomic mass is 32.2. The Bertz CT molecular complexity index is 1080. The lowest BCUT2D eigenvalue weighted by Gasteiger charge is -2.23. The summed E-state index contributed by atoms with van der Waals surface area (Å²) >= 11 is 0. The Kier molecular flexibility index (Phi) is 5.62. The molecule has 0 aromatic heterocycles. The van der Waals surface area contributed by atoms with Gasteiger partial charge in [-0.3, -0.25) is 9.59 Å². The molecule has 0 atom stereocenters. The van der Waals surface area contributed by atoms with Gasteiger partial charge in [-0.25, -0.2) is 8.42 Å². The summed E-state index contributed by atoms with van der Waals surface area (Å²) in [4.78, 5) is 26.6. The fourth-order valence-electron chi connectivity index (χ4n) is 3.90. The van der Waals surface area contributed by atoms with Crippen LogP contribution in [0.3, 0.4) is 0 Å². The zero-order valence-electron chi connectivity index (χ0n) is 16.9. The van der Waals surface area contributed by atoms with Gasteiger partial charge in [0.25, 0.3) is 5.91 Å². The number of nitrogens with one attached hydrogen (secondary N) is 1. The van der Waals surface area contributed by atoms with E-state index < -0.39 is 10.0 Å². The first-order valence-electron chi connectivity index (χ1n) is 10.1. The van der Waals surface area contributed by atoms with Crippen LogP contribution in [0.25, 0.3) is 0 Å². The minimum Gasteiger partial charge on any atom is -0.337 e. The molecule has 8 heteroatoms. The quantitative estimate of drug-likeness (QED) is 0.815. The maximum absolute atomic E-state index is 13.0. The van der Waals surface area contributed by atoms with Crippen molar-refractivity contribution < 1.29 is 18.0 Å². The number of amides is 2. The molecule has 1 saturated heterocycles. The monoisotopic (exact) mass is 427 g/mol. The second kappa shape index (κ2) is 8.20. The number of hydrogen-bond donors (Lipinski definition) is 1. The van der Waals surface area contributed by atoms with Crippen LogP contribution in [0.1, 0.15) is 34.3 Å². The Balaban J connectivity index is 1.47. The zero-order chi connectivity index (χ0) is 21.3. The number of carbonyl (C=O) groups excluding carboxylic acids is 2. The third kappa shape index (κ3) is 4.11. The average molecular weight is 428 g/mol. The highest BCUT2D eigenvalue weighted by Crippen LogP contribution is 2.25. The molecule has 0 aliphatic carbocycles. The molecule has 2 aromatic carbocycles. The van der Waals surface area contributed by atoms with Crippen LogP contribution >= 0.6 is 0 Å². The first-order valence-corrected chi connectivity index (χ1v) is 11.6. The molecule has 0 bridgehead atoms. The third-order valence-electron chi connectivity index (χ3n) is 5.65. The molecule has 0 saturated carbocycles. The number of aryl methyl sites for hydroxylation is 2. The molecule has 2 amide bonds. The molecule has 2 aliphatic rings. The van der Waals surface area contributed by atoms with Crippen LogP contribution in [0.15, 0.2) is 47.4 Å². The van der Waals surface area contributed by atoms with Gasteiger partial charge in [0.05, 0.1) is 4.90 Å². The van der Waals surface area contributed by atoms with Crippen molar-refractivity contribution >= 4 is 27.5 Å². The van der Waals surface area contributed by atoms with E-state index in [-0.39, 0.29) is 23.3 Å². The van der Waals surface area contributed by atoms with Crippen molar-refractivity contribution in [1.29, 1.82) is 0 Å². The number of nitrogens with zero attached hydrogens (tertiary/aromatic N) is 2. The highest BCUT2D eigenvalue weighted by molar-refractivity contribution is 7.89. The summed E-state index contributed by atoms with van der Waals surface area (Å²) in [5, 5.41) is 2.82. The molecular weight excluding hydrogens is 402 g/mol. The minimum absolute atomic E-state index is 0.0102. The van der Waals surface area contributed by atoms with E-state index in [1.54, 1.807) is 41.3 Å². The molecule has 1 N–H and O–H groups in total. The predicted molar refractivity (Wildman–Crippen MR) is 114 cm³/mol. The maximum Gasteiger partial charge on any atom is 0.253 e. The van der Waals surface area contributed by atoms with E-state index in [2.05, 4.69) is 5.32 Å². The predicted octanol–water partition coefficient (Wildman–Crippen LogP) is 2.42. The molecule has 2 aromatic rings. The van der Waals surface area contributed by atoms with Crippen LogP contribution in [0.4, 0.5) is 5.69 Å². The Morgan fingerprint density at radius 3 is 2.50 bits per heavy atom. The van der Waals surface area contributed by atoms with Crippen LogP contribution in [0.2, 0.25) is 0 Å². The average Bonchev–Trinajstić information content (AvgIpc) is 3.00. The van der Waals surface area contributed by atoms with Gasteiger partial charge in [-0.15, -0.1) is 0 Å². The number of carbonyl (C=O) groups is 2. The molecule has 4 rings (SSSR count). The number of hydrogen-bond acceptors (Lipinski definition) is 4. The molecular formula is C22H25N3O4S. The summed E-state index contributed by atoms with van der Waals surface area (Å²) in [5.74, 6) is -0.117. The lowest BCUT2D eigenvalue weighted by molar-refractivity contribution is -0.116. The van der Waals surface area contributed by atoms with Crippen molar-refractivity contribution in [2.75, 3.05) is 31.5 Å². The van der Waals surface area contributed by atoms with Gasteiger partial charge in [0, 0.05) is 43.9 Å². The van der Waals surface area contributed by atoms with Gasteiger partial charge < -0.3 is 10.2 Å². The first kappa shape index (κ1) is 20.6. The zero-order valence-corrected chi connectivity index (χ0v) is 17.7. The topological polar surface area (TPSA) is 86.8 Å². The van der Waals surface area contributed by atoms with Crippen LogP contribution in [0, 0.1) is 6.92 Å². The third-order valence-corrected chi connectivity index (χ3v) is 7.56. The lowest BCUT2D eigenvalue weighted by atomic mass is 10.00. The molecule has 2 heterocycles. The van der Waals surface area contributed by atoms with E-state index >= 15 is 0 Å². The van der Waals surface area contributed by atoms with Crippen molar-refractivity contribution in [2.24, 2.45) is 0 Å². The van der Waals surface area contributed by atoms with Crippen molar-refractivity contribution in [1.82, 2.24) is 9.21 Å². The summed E-state index contributed by atoms with van der Waals surface area (Å²) in [6, 6.07) is 12.2. The summed E-state index contributed by atoms with van der Waals surface area (Å²) in [6.07, 6.45) is 1.61. The van der Waals surface area contributed by atoms with Crippen molar-refractivity contribution in [3.8, 4) is 0 Å². The number of fused-ring (bicyclic) bond motifs is 1. The first-order chi connectivity index (χ1) is 14.3. The molecule has 2 aliphatic heterocycles. The van der Waals surface area contributed by atoms with E-state index in [1.807, 2.05) is 13.0 Å². The molecule has 1 fully saturated rings. The fourth-order valence-corrected chi connectivity index (χ4v) is 5.37. The number of sulfonamides is 1. The van der Waals surface area contributed by atoms with Gasteiger partial charge in [0.1, 0.15) is 0 Å². The van der Waals surface area contributed by atoms with Gasteiger partial charge in [-0.2, -0.15) is 4.31 Å². The summed E-state index contributed by atoms with van der Waals surface area (Å²) in [6.45, 7) is 3.42. The highest BCUT2D eigenvalue weighted by Gasteiger charge is 2.29. The van der Waals surface area contributed by atoms with Crippen LogP contribution in [-0.2, 0) is 21.2 Å². The number of anilines is 1. The Morgan fingerprint density at radius 2 is 1.73 bits per heavy atom. The summed E-state index contributed by atoms with van der Waals surface area (Å²) in [7, 11) is -3.58. The van der Waals surface area contributed by atoms with E-state index in [0.717, 1.165) is 16.8 Å². The van der Waals surface area contributed by atoms with Crippen molar-refractivity contribution in [3.63, 3.8) is 0 Å². The Labute approximate surface area is 176 Å². The van der Waals surface area contributed by atoms with Gasteiger partial charge >= 0.3 is 0 Å². The fraction of sp³-hybridized carbons (Fsp3) is 0.364. The van der Waals surface area contributed by atoms with E-state index in [9.17, 15) is 18.0 Å². The largest absolute Gasteiger partial charge is 0.337 e. The van der Waals surface area contributed by atoms with Gasteiger partial charge in [-0.1, -0.05) is 17.7 Å². The van der Waals surface area contributed by atoms with Gasteiger partial charge in [-0.05, 0) is 55.7 Å². The maximum atomic E-state index is 13.0. The molecule has 30 heavy (non-hydrogen) atoms. The Hall–Kier alpha value is -2.71. The van der Waals surface area contributed by atoms with Crippen LogP contribution < -0.4 is 5.32 Å². The van der Waals surface area contributed by atoms with Crippen molar-refractivity contribution in [2.45, 2.75) is 31.1 Å². The van der Waals surface area contributed by atoms with Crippen LogP contribution in [-0.4, -0.2) is 55.6 Å².